The van der Waals surface area contributed by atoms with Gasteiger partial charge in [0.2, 0.25) is 11.8 Å². The molecule has 0 aliphatic heterocycles. The van der Waals surface area contributed by atoms with Crippen molar-refractivity contribution in [3.05, 3.63) is 77.7 Å². The van der Waals surface area contributed by atoms with Gasteiger partial charge in [0.05, 0.1) is 12.1 Å². The molecule has 0 saturated carbocycles. The topological polar surface area (TPSA) is 68.5 Å². The van der Waals surface area contributed by atoms with Gasteiger partial charge in [0.1, 0.15) is 5.75 Å². The fourth-order valence-corrected chi connectivity index (χ4v) is 3.25. The molecule has 0 saturated heterocycles. The van der Waals surface area contributed by atoms with Gasteiger partial charge in [0.15, 0.2) is 4.96 Å². The molecule has 0 atom stereocenters. The van der Waals surface area contributed by atoms with Gasteiger partial charge in [-0.25, -0.2) is 9.97 Å². The molecule has 26 heavy (non-hydrogen) atoms. The van der Waals surface area contributed by atoms with E-state index >= 15 is 0 Å². The van der Waals surface area contributed by atoms with Crippen LogP contribution in [-0.2, 0) is 17.8 Å². The molecule has 0 unspecified atom stereocenters. The van der Waals surface area contributed by atoms with Crippen molar-refractivity contribution >= 4 is 22.2 Å². The number of nitrogens with one attached hydrogen (secondary N) is 1. The summed E-state index contributed by atoms with van der Waals surface area (Å²) in [6, 6.07) is 13.2. The molecule has 7 heteroatoms. The van der Waals surface area contributed by atoms with Crippen LogP contribution in [-0.4, -0.2) is 20.3 Å². The molecule has 0 spiro atoms. The predicted octanol–water partition coefficient (Wildman–Crippen LogP) is 3.44. The number of hydrogen-bond acceptors (Lipinski definition) is 5. The van der Waals surface area contributed by atoms with Crippen LogP contribution in [0.25, 0.3) is 4.96 Å². The largest absolute Gasteiger partial charge is 0.439 e. The number of ether oxygens (including phenoxy) is 1. The molecule has 1 amide bonds. The van der Waals surface area contributed by atoms with E-state index in [1.165, 1.54) is 0 Å². The Morgan fingerprint density at radius 3 is 2.92 bits per heavy atom. The van der Waals surface area contributed by atoms with E-state index in [0.29, 0.717) is 18.2 Å². The van der Waals surface area contributed by atoms with E-state index < -0.39 is 0 Å². The summed E-state index contributed by atoms with van der Waals surface area (Å²) < 4.78 is 7.73. The van der Waals surface area contributed by atoms with Crippen LogP contribution in [0.2, 0.25) is 0 Å². The number of carbonyl (C=O) groups is 1. The predicted molar refractivity (Wildman–Crippen MR) is 99.4 cm³/mol. The Hall–Kier alpha value is -3.19. The van der Waals surface area contributed by atoms with E-state index in [1.54, 1.807) is 17.5 Å². The lowest BCUT2D eigenvalue weighted by Gasteiger charge is -2.10. The SMILES string of the molecule is O=C(Cc1cn2ccsc2n1)NCc1cccnc1Oc1ccccc1. The average Bonchev–Trinajstić information content (AvgIpc) is 3.23. The van der Waals surface area contributed by atoms with Crippen LogP contribution in [0.1, 0.15) is 11.3 Å². The standard InChI is InChI=1S/C19H16N4O2S/c24-17(11-15-13-23-9-10-26-19(23)22-15)21-12-14-5-4-8-20-18(14)25-16-6-2-1-3-7-16/h1-10,13H,11-12H2,(H,21,24). The Labute approximate surface area is 154 Å². The fraction of sp³-hybridized carbons (Fsp3) is 0.105. The summed E-state index contributed by atoms with van der Waals surface area (Å²) in [5, 5.41) is 4.87. The summed E-state index contributed by atoms with van der Waals surface area (Å²) in [4.78, 5) is 21.8. The van der Waals surface area contributed by atoms with Crippen molar-refractivity contribution in [3.63, 3.8) is 0 Å². The molecule has 130 valence electrons. The molecule has 0 radical (unpaired) electrons. The number of hydrogen-bond donors (Lipinski definition) is 1. The van der Waals surface area contributed by atoms with Gasteiger partial charge in [0.25, 0.3) is 0 Å². The third-order valence-corrected chi connectivity index (χ3v) is 4.54. The number of thiazole rings is 1. The number of carbonyl (C=O) groups excluding carboxylic acids is 1. The Morgan fingerprint density at radius 2 is 2.08 bits per heavy atom. The van der Waals surface area contributed by atoms with Gasteiger partial charge in [-0.3, -0.25) is 9.20 Å². The van der Waals surface area contributed by atoms with Crippen molar-refractivity contribution in [3.8, 4) is 11.6 Å². The monoisotopic (exact) mass is 364 g/mol. The smallest absolute Gasteiger partial charge is 0.226 e. The molecule has 3 aromatic heterocycles. The Morgan fingerprint density at radius 1 is 1.19 bits per heavy atom. The molecule has 0 aliphatic rings. The van der Waals surface area contributed by atoms with Crippen LogP contribution in [0.15, 0.2) is 66.4 Å². The quantitative estimate of drug-likeness (QED) is 0.569. The number of benzene rings is 1. The molecular weight excluding hydrogens is 348 g/mol. The van der Waals surface area contributed by atoms with Gasteiger partial charge in [-0.2, -0.15) is 0 Å². The number of para-hydroxylation sites is 1. The van der Waals surface area contributed by atoms with Gasteiger partial charge in [-0.05, 0) is 18.2 Å². The van der Waals surface area contributed by atoms with Crippen molar-refractivity contribution in [2.45, 2.75) is 13.0 Å². The number of fused-ring (bicyclic) bond motifs is 1. The van der Waals surface area contributed by atoms with E-state index in [0.717, 1.165) is 16.2 Å². The number of imidazole rings is 1. The highest BCUT2D eigenvalue weighted by atomic mass is 32.1. The first-order valence-electron chi connectivity index (χ1n) is 8.12. The highest BCUT2D eigenvalue weighted by Crippen LogP contribution is 2.22. The summed E-state index contributed by atoms with van der Waals surface area (Å²) in [5.41, 5.74) is 1.57. The molecule has 4 rings (SSSR count). The highest BCUT2D eigenvalue weighted by molar-refractivity contribution is 7.15. The first-order chi connectivity index (χ1) is 12.8. The maximum absolute atomic E-state index is 12.2. The Kier molecular flexibility index (Phi) is 4.61. The first kappa shape index (κ1) is 16.3. The molecule has 0 fully saturated rings. The van der Waals surface area contributed by atoms with Crippen molar-refractivity contribution in [2.24, 2.45) is 0 Å². The zero-order valence-corrected chi connectivity index (χ0v) is 14.6. The second-order valence-corrected chi connectivity index (χ2v) is 6.53. The van der Waals surface area contributed by atoms with Gasteiger partial charge >= 0.3 is 0 Å². The van der Waals surface area contributed by atoms with E-state index in [2.05, 4.69) is 15.3 Å². The number of aromatic nitrogens is 3. The summed E-state index contributed by atoms with van der Waals surface area (Å²) in [5.74, 6) is 1.10. The van der Waals surface area contributed by atoms with Crippen molar-refractivity contribution in [1.29, 1.82) is 0 Å². The van der Waals surface area contributed by atoms with Crippen LogP contribution >= 0.6 is 11.3 Å². The Balaban J connectivity index is 1.39. The van der Waals surface area contributed by atoms with Crippen molar-refractivity contribution in [1.82, 2.24) is 19.7 Å². The molecular formula is C19H16N4O2S. The maximum atomic E-state index is 12.2. The fourth-order valence-electron chi connectivity index (χ4n) is 2.53. The van der Waals surface area contributed by atoms with Crippen LogP contribution in [0.4, 0.5) is 0 Å². The minimum absolute atomic E-state index is 0.0923. The second kappa shape index (κ2) is 7.37. The number of nitrogens with zero attached hydrogens (tertiary/aromatic N) is 3. The average molecular weight is 364 g/mol. The molecule has 1 aromatic carbocycles. The zero-order chi connectivity index (χ0) is 17.8. The van der Waals surface area contributed by atoms with E-state index in [-0.39, 0.29) is 12.3 Å². The maximum Gasteiger partial charge on any atom is 0.226 e. The van der Waals surface area contributed by atoms with E-state index in [1.807, 2.05) is 64.6 Å². The molecule has 6 nitrogen and oxygen atoms in total. The third-order valence-electron chi connectivity index (χ3n) is 3.77. The summed E-state index contributed by atoms with van der Waals surface area (Å²) in [6.07, 6.45) is 5.71. The molecule has 0 bridgehead atoms. The highest BCUT2D eigenvalue weighted by Gasteiger charge is 2.11. The lowest BCUT2D eigenvalue weighted by Crippen LogP contribution is -2.25. The van der Waals surface area contributed by atoms with E-state index in [4.69, 9.17) is 4.74 Å². The molecule has 1 N–H and O–H groups in total. The molecule has 3 heterocycles. The molecule has 0 aliphatic carbocycles. The normalized spacial score (nSPS) is 10.8. The van der Waals surface area contributed by atoms with Crippen molar-refractivity contribution < 1.29 is 9.53 Å². The Bertz CT molecular complexity index is 998. The number of rotatable bonds is 6. The minimum atomic E-state index is -0.0923. The lowest BCUT2D eigenvalue weighted by molar-refractivity contribution is -0.120. The van der Waals surface area contributed by atoms with Gasteiger partial charge in [-0.15, -0.1) is 11.3 Å². The van der Waals surface area contributed by atoms with Crippen LogP contribution in [0.5, 0.6) is 11.6 Å². The van der Waals surface area contributed by atoms with Gasteiger partial charge in [0, 0.05) is 36.1 Å². The first-order valence-corrected chi connectivity index (χ1v) is 9.00. The van der Waals surface area contributed by atoms with Gasteiger partial charge in [-0.1, -0.05) is 24.3 Å². The minimum Gasteiger partial charge on any atom is -0.439 e. The number of amides is 1. The summed E-state index contributed by atoms with van der Waals surface area (Å²) >= 11 is 1.54. The summed E-state index contributed by atoms with van der Waals surface area (Å²) in [6.45, 7) is 0.344. The van der Waals surface area contributed by atoms with Crippen LogP contribution in [0.3, 0.4) is 0 Å². The molecule has 4 aromatic rings. The summed E-state index contributed by atoms with van der Waals surface area (Å²) in [7, 11) is 0. The van der Waals surface area contributed by atoms with Gasteiger partial charge < -0.3 is 10.1 Å². The third kappa shape index (κ3) is 3.73. The number of pyridine rings is 1. The van der Waals surface area contributed by atoms with Crippen LogP contribution in [0, 0.1) is 0 Å². The lowest BCUT2D eigenvalue weighted by atomic mass is 10.2. The zero-order valence-electron chi connectivity index (χ0n) is 13.8. The van der Waals surface area contributed by atoms with E-state index in [9.17, 15) is 4.79 Å². The van der Waals surface area contributed by atoms with Crippen molar-refractivity contribution in [2.75, 3.05) is 0 Å². The van der Waals surface area contributed by atoms with Crippen LogP contribution < -0.4 is 10.1 Å². The second-order valence-electron chi connectivity index (χ2n) is 5.66.